The summed E-state index contributed by atoms with van der Waals surface area (Å²) in [5.41, 5.74) is 3.33. The number of phenols is 2. The molecule has 1 unspecified atom stereocenters. The third-order valence-corrected chi connectivity index (χ3v) is 3.77. The molecule has 21 heavy (non-hydrogen) atoms. The summed E-state index contributed by atoms with van der Waals surface area (Å²) in [5, 5.41) is 22.4. The van der Waals surface area contributed by atoms with Crippen molar-refractivity contribution in [3.05, 3.63) is 59.2 Å². The van der Waals surface area contributed by atoms with E-state index in [4.69, 9.17) is 0 Å². The number of hydrogen-bond acceptors (Lipinski definition) is 3. The summed E-state index contributed by atoms with van der Waals surface area (Å²) in [6, 6.07) is 13.5. The van der Waals surface area contributed by atoms with E-state index in [2.05, 4.69) is 50.4 Å². The quantitative estimate of drug-likeness (QED) is 0.776. The molecule has 0 amide bonds. The molecule has 2 aromatic rings. The maximum Gasteiger partial charge on any atom is 0.123 e. The highest BCUT2D eigenvalue weighted by Gasteiger charge is 2.08. The molecule has 0 fully saturated rings. The van der Waals surface area contributed by atoms with Gasteiger partial charge in [-0.3, -0.25) is 0 Å². The lowest BCUT2D eigenvalue weighted by Gasteiger charge is -2.16. The fourth-order valence-corrected chi connectivity index (χ4v) is 2.25. The molecule has 0 saturated carbocycles. The van der Waals surface area contributed by atoms with Gasteiger partial charge in [-0.25, -0.2) is 0 Å². The van der Waals surface area contributed by atoms with Crippen molar-refractivity contribution >= 4 is 0 Å². The van der Waals surface area contributed by atoms with Gasteiger partial charge in [-0.15, -0.1) is 0 Å². The maximum absolute atomic E-state index is 9.77. The first-order valence-electron chi connectivity index (χ1n) is 7.31. The number of phenolic OH excluding ortho intramolecular Hbond substituents is 2. The second-order valence-corrected chi connectivity index (χ2v) is 5.74. The minimum Gasteiger partial charge on any atom is -0.508 e. The minimum absolute atomic E-state index is 0.0774. The van der Waals surface area contributed by atoms with Crippen LogP contribution in [-0.2, 0) is 6.54 Å². The lowest BCUT2D eigenvalue weighted by atomic mass is 9.99. The predicted molar refractivity (Wildman–Crippen MR) is 85.6 cm³/mol. The first-order chi connectivity index (χ1) is 9.97. The van der Waals surface area contributed by atoms with Gasteiger partial charge in [0.1, 0.15) is 11.5 Å². The van der Waals surface area contributed by atoms with Gasteiger partial charge in [0, 0.05) is 24.2 Å². The Labute approximate surface area is 126 Å². The molecule has 0 aliphatic heterocycles. The molecule has 0 spiro atoms. The molecule has 3 heteroatoms. The van der Waals surface area contributed by atoms with Crippen LogP contribution in [0.4, 0.5) is 0 Å². The van der Waals surface area contributed by atoms with E-state index >= 15 is 0 Å². The number of aromatic hydroxyl groups is 2. The SMILES string of the molecule is CC(C)c1ccc(C(C)NCc2ccc(O)cc2O)cc1. The third-order valence-electron chi connectivity index (χ3n) is 3.77. The zero-order valence-corrected chi connectivity index (χ0v) is 12.8. The Morgan fingerprint density at radius 2 is 1.52 bits per heavy atom. The van der Waals surface area contributed by atoms with Crippen LogP contribution >= 0.6 is 0 Å². The summed E-state index contributed by atoms with van der Waals surface area (Å²) in [7, 11) is 0. The molecule has 0 bridgehead atoms. The van der Waals surface area contributed by atoms with Crippen molar-refractivity contribution in [2.24, 2.45) is 0 Å². The fraction of sp³-hybridized carbons (Fsp3) is 0.333. The van der Waals surface area contributed by atoms with E-state index in [1.165, 1.54) is 17.2 Å². The van der Waals surface area contributed by atoms with Gasteiger partial charge < -0.3 is 15.5 Å². The first-order valence-corrected chi connectivity index (χ1v) is 7.31. The van der Waals surface area contributed by atoms with Gasteiger partial charge in [-0.1, -0.05) is 44.2 Å². The van der Waals surface area contributed by atoms with E-state index in [-0.39, 0.29) is 17.5 Å². The monoisotopic (exact) mass is 285 g/mol. The highest BCUT2D eigenvalue weighted by atomic mass is 16.3. The van der Waals surface area contributed by atoms with Crippen molar-refractivity contribution in [1.82, 2.24) is 5.32 Å². The van der Waals surface area contributed by atoms with Gasteiger partial charge in [-0.05, 0) is 30.0 Å². The number of nitrogens with one attached hydrogen (secondary N) is 1. The topological polar surface area (TPSA) is 52.5 Å². The molecule has 3 nitrogen and oxygen atoms in total. The largest absolute Gasteiger partial charge is 0.508 e. The highest BCUT2D eigenvalue weighted by molar-refractivity contribution is 5.39. The molecule has 0 heterocycles. The van der Waals surface area contributed by atoms with Gasteiger partial charge in [0.15, 0.2) is 0 Å². The number of benzene rings is 2. The van der Waals surface area contributed by atoms with E-state index in [0.29, 0.717) is 12.5 Å². The molecule has 2 rings (SSSR count). The van der Waals surface area contributed by atoms with Gasteiger partial charge >= 0.3 is 0 Å². The van der Waals surface area contributed by atoms with Gasteiger partial charge in [0.2, 0.25) is 0 Å². The standard InChI is InChI=1S/C18H23NO2/c1-12(2)14-4-6-15(7-5-14)13(3)19-11-16-8-9-17(20)10-18(16)21/h4-10,12-13,19-21H,11H2,1-3H3. The molecule has 0 aliphatic rings. The van der Waals surface area contributed by atoms with Crippen molar-refractivity contribution in [2.75, 3.05) is 0 Å². The second kappa shape index (κ2) is 6.64. The van der Waals surface area contributed by atoms with E-state index in [0.717, 1.165) is 5.56 Å². The lowest BCUT2D eigenvalue weighted by Crippen LogP contribution is -2.18. The summed E-state index contributed by atoms with van der Waals surface area (Å²) in [6.45, 7) is 7.02. The number of rotatable bonds is 5. The van der Waals surface area contributed by atoms with Crippen molar-refractivity contribution in [1.29, 1.82) is 0 Å². The van der Waals surface area contributed by atoms with Crippen molar-refractivity contribution in [3.63, 3.8) is 0 Å². The summed E-state index contributed by atoms with van der Waals surface area (Å²) < 4.78 is 0. The second-order valence-electron chi connectivity index (χ2n) is 5.74. The fourth-order valence-electron chi connectivity index (χ4n) is 2.25. The van der Waals surface area contributed by atoms with Crippen LogP contribution in [0, 0.1) is 0 Å². The number of hydrogen-bond donors (Lipinski definition) is 3. The van der Waals surface area contributed by atoms with Crippen LogP contribution in [0.1, 0.15) is 49.4 Å². The van der Waals surface area contributed by atoms with Crippen molar-refractivity contribution in [2.45, 2.75) is 39.3 Å². The molecule has 0 saturated heterocycles. The molecular formula is C18H23NO2. The van der Waals surface area contributed by atoms with Crippen LogP contribution in [0.15, 0.2) is 42.5 Å². The van der Waals surface area contributed by atoms with Crippen molar-refractivity contribution in [3.8, 4) is 11.5 Å². The summed E-state index contributed by atoms with van der Waals surface area (Å²) in [4.78, 5) is 0. The van der Waals surface area contributed by atoms with Gasteiger partial charge in [-0.2, -0.15) is 0 Å². The third kappa shape index (κ3) is 3.99. The minimum atomic E-state index is 0.0774. The van der Waals surface area contributed by atoms with Crippen LogP contribution in [0.3, 0.4) is 0 Å². The molecule has 0 aliphatic carbocycles. The Bertz CT molecular complexity index is 591. The van der Waals surface area contributed by atoms with Crippen molar-refractivity contribution < 1.29 is 10.2 Å². The normalized spacial score (nSPS) is 12.6. The van der Waals surface area contributed by atoms with Crippen LogP contribution in [0.2, 0.25) is 0 Å². The maximum atomic E-state index is 9.77. The molecular weight excluding hydrogens is 262 g/mol. The van der Waals surface area contributed by atoms with Gasteiger partial charge in [0.05, 0.1) is 0 Å². The molecule has 0 aromatic heterocycles. The average Bonchev–Trinajstić information content (AvgIpc) is 2.46. The zero-order chi connectivity index (χ0) is 15.4. The Morgan fingerprint density at radius 1 is 0.905 bits per heavy atom. The zero-order valence-electron chi connectivity index (χ0n) is 12.8. The van der Waals surface area contributed by atoms with Crippen LogP contribution in [0.5, 0.6) is 11.5 Å². The molecule has 112 valence electrons. The van der Waals surface area contributed by atoms with E-state index < -0.39 is 0 Å². The summed E-state index contributed by atoms with van der Waals surface area (Å²) >= 11 is 0. The Morgan fingerprint density at radius 3 is 2.10 bits per heavy atom. The summed E-state index contributed by atoms with van der Waals surface area (Å²) in [5.74, 6) is 0.731. The van der Waals surface area contributed by atoms with Gasteiger partial charge in [0.25, 0.3) is 0 Å². The van der Waals surface area contributed by atoms with Crippen LogP contribution < -0.4 is 5.32 Å². The van der Waals surface area contributed by atoms with Crippen LogP contribution in [0.25, 0.3) is 0 Å². The molecule has 0 radical (unpaired) electrons. The Kier molecular flexibility index (Phi) is 4.86. The average molecular weight is 285 g/mol. The first kappa shape index (κ1) is 15.4. The smallest absolute Gasteiger partial charge is 0.123 e. The summed E-state index contributed by atoms with van der Waals surface area (Å²) in [6.07, 6.45) is 0. The molecule has 2 aromatic carbocycles. The predicted octanol–water partition coefficient (Wildman–Crippen LogP) is 4.07. The molecule has 1 atom stereocenters. The lowest BCUT2D eigenvalue weighted by molar-refractivity contribution is 0.441. The van der Waals surface area contributed by atoms with E-state index in [1.54, 1.807) is 12.1 Å². The highest BCUT2D eigenvalue weighted by Crippen LogP contribution is 2.24. The van der Waals surface area contributed by atoms with E-state index in [9.17, 15) is 10.2 Å². The molecule has 3 N–H and O–H groups in total. The van der Waals surface area contributed by atoms with Crippen LogP contribution in [-0.4, -0.2) is 10.2 Å². The van der Waals surface area contributed by atoms with E-state index in [1.807, 2.05) is 0 Å². The Balaban J connectivity index is 1.99. The Hall–Kier alpha value is -2.00.